The van der Waals surface area contributed by atoms with Crippen LogP contribution in [0.1, 0.15) is 47.0 Å². The van der Waals surface area contributed by atoms with Gasteiger partial charge in [-0.25, -0.2) is 34.0 Å². The lowest BCUT2D eigenvalue weighted by molar-refractivity contribution is -0.286. The predicted molar refractivity (Wildman–Crippen MR) is 234 cm³/mol. The van der Waals surface area contributed by atoms with E-state index in [2.05, 4.69) is 30.1 Å². The van der Waals surface area contributed by atoms with Crippen LogP contribution < -0.4 is 35.3 Å². The van der Waals surface area contributed by atoms with Crippen molar-refractivity contribution in [3.63, 3.8) is 0 Å². The van der Waals surface area contributed by atoms with E-state index in [-0.39, 0.29) is 46.6 Å². The standard InChI is InChI=1S/C46H40ClF2N7O12/c1-21(23-9-11-33-35(16-23)68-46(48,49)67-33)53-44(63)55-39(43(61)62)29(41(55)58)18-25-19-31(47)30(20-52-25)24-8-10-27(34(17-24)66-3)37(26-6-4-5-7-32(26)65-2)54-45(64)56-38(42(59)60)28(40(56)57)14-22-12-13-51-36(50)15-22/h4-13,15-17,19-21,28-29,37-39H,14,18H2,1-3H3,(H2,50,51)(H,53,63)(H,54,64)(H,59,60)(H,61,62)/t21-,28-,29-,37?,38+,39+/m1/s1. The molecule has 6 N–H and O–H groups in total. The van der Waals surface area contributed by atoms with Crippen molar-refractivity contribution in [3.05, 3.63) is 124 Å². The van der Waals surface area contributed by atoms with Gasteiger partial charge in [0.25, 0.3) is 0 Å². The molecule has 3 aromatic carbocycles. The third-order valence-electron chi connectivity index (χ3n) is 11.9. The van der Waals surface area contributed by atoms with Crippen LogP contribution in [0.15, 0.2) is 91.3 Å². The highest BCUT2D eigenvalue weighted by Gasteiger charge is 2.56. The molecule has 0 saturated carbocycles. The number of ether oxygens (including phenoxy) is 4. The van der Waals surface area contributed by atoms with E-state index in [1.807, 2.05) is 0 Å². The van der Waals surface area contributed by atoms with Crippen molar-refractivity contribution < 1.29 is 66.7 Å². The monoisotopic (exact) mass is 955 g/mol. The van der Waals surface area contributed by atoms with Gasteiger partial charge in [-0.1, -0.05) is 48.0 Å². The number of aromatic nitrogens is 2. The summed E-state index contributed by atoms with van der Waals surface area (Å²) >= 11 is 6.79. The number of likely N-dealkylation sites (tertiary alicyclic amines) is 2. The number of hydrogen-bond acceptors (Lipinski definition) is 13. The Balaban J connectivity index is 0.988. The Morgan fingerprint density at radius 2 is 1.44 bits per heavy atom. The number of methoxy groups -OCH3 is 2. The third kappa shape index (κ3) is 8.82. The molecule has 0 aliphatic carbocycles. The number of carbonyl (C=O) groups is 6. The summed E-state index contributed by atoms with van der Waals surface area (Å²) in [6.07, 6.45) is -1.19. The molecule has 6 amide bonds. The maximum atomic E-state index is 14.0. The van der Waals surface area contributed by atoms with Crippen molar-refractivity contribution in [2.24, 2.45) is 11.8 Å². The van der Waals surface area contributed by atoms with Gasteiger partial charge in [0.1, 0.15) is 17.3 Å². The Morgan fingerprint density at radius 3 is 2.09 bits per heavy atom. The fourth-order valence-electron chi connectivity index (χ4n) is 8.52. The van der Waals surface area contributed by atoms with Crippen molar-refractivity contribution in [2.75, 3.05) is 20.0 Å². The van der Waals surface area contributed by atoms with E-state index in [9.17, 15) is 47.8 Å². The van der Waals surface area contributed by atoms with Gasteiger partial charge in [-0.15, -0.1) is 8.78 Å². The molecule has 5 heterocycles. The first kappa shape index (κ1) is 46.5. The number of rotatable bonds is 14. The van der Waals surface area contributed by atoms with E-state index in [4.69, 9.17) is 26.8 Å². The number of nitrogens with zero attached hydrogens (tertiary/aromatic N) is 4. The van der Waals surface area contributed by atoms with E-state index < -0.39 is 78.1 Å². The second-order valence-electron chi connectivity index (χ2n) is 16.0. The van der Waals surface area contributed by atoms with E-state index >= 15 is 0 Å². The number of benzene rings is 3. The molecule has 5 aromatic rings. The minimum absolute atomic E-state index is 0.0106. The topological polar surface area (TPSA) is 262 Å². The van der Waals surface area contributed by atoms with Crippen LogP contribution in [-0.4, -0.2) is 98.4 Å². The Kier molecular flexibility index (Phi) is 12.5. The van der Waals surface area contributed by atoms with Crippen LogP contribution >= 0.6 is 11.6 Å². The molecule has 22 heteroatoms. The molecule has 3 aliphatic rings. The van der Waals surface area contributed by atoms with Crippen molar-refractivity contribution in [3.8, 4) is 34.1 Å². The number of carbonyl (C=O) groups excluding carboxylic acids is 4. The Bertz CT molecular complexity index is 2890. The molecule has 1 unspecified atom stereocenters. The van der Waals surface area contributed by atoms with Crippen LogP contribution in [0.4, 0.5) is 24.2 Å². The SMILES string of the molecule is COc1ccccc1C(NC(=O)N1C(=O)[C@H](Cc2ccnc(N)c2)[C@H]1C(=O)O)c1ccc(-c2cnc(C[C@H]3C(=O)N(C(=O)N[C@H](C)c4ccc5c(c4)OC(F)(F)O5)[C@@H]3C(=O)O)cc2Cl)cc1OC. The quantitative estimate of drug-likeness (QED) is 0.0849. The van der Waals surface area contributed by atoms with Crippen LogP contribution in [0.25, 0.3) is 11.1 Å². The van der Waals surface area contributed by atoms with Crippen molar-refractivity contribution in [2.45, 2.75) is 50.2 Å². The molecule has 2 fully saturated rings. The smallest absolute Gasteiger partial charge is 0.496 e. The van der Waals surface area contributed by atoms with E-state index in [0.717, 1.165) is 0 Å². The predicted octanol–water partition coefficient (Wildman–Crippen LogP) is 5.60. The summed E-state index contributed by atoms with van der Waals surface area (Å²) < 4.78 is 47.4. The molecule has 68 heavy (non-hydrogen) atoms. The number of anilines is 1. The molecule has 2 saturated heterocycles. The highest BCUT2D eigenvalue weighted by molar-refractivity contribution is 6.33. The highest BCUT2D eigenvalue weighted by atomic mass is 35.5. The third-order valence-corrected chi connectivity index (χ3v) is 12.2. The first-order valence-corrected chi connectivity index (χ1v) is 21.1. The van der Waals surface area contributed by atoms with Crippen LogP contribution in [0.5, 0.6) is 23.0 Å². The average Bonchev–Trinajstić information content (AvgIpc) is 3.62. The zero-order valence-electron chi connectivity index (χ0n) is 36.0. The summed E-state index contributed by atoms with van der Waals surface area (Å²) in [4.78, 5) is 88.5. The van der Waals surface area contributed by atoms with Gasteiger partial charge >= 0.3 is 30.3 Å². The van der Waals surface area contributed by atoms with Gasteiger partial charge in [-0.05, 0) is 72.5 Å². The summed E-state index contributed by atoms with van der Waals surface area (Å²) in [5.41, 5.74) is 8.62. The molecule has 352 valence electrons. The number of halogens is 3. The average molecular weight is 956 g/mol. The molecule has 19 nitrogen and oxygen atoms in total. The summed E-state index contributed by atoms with van der Waals surface area (Å²) in [5, 5.41) is 25.7. The number of para-hydroxylation sites is 1. The van der Waals surface area contributed by atoms with Gasteiger partial charge in [0, 0.05) is 41.2 Å². The van der Waals surface area contributed by atoms with Gasteiger partial charge in [0.2, 0.25) is 11.8 Å². The number of imide groups is 2. The largest absolute Gasteiger partial charge is 0.586 e. The Hall–Kier alpha value is -8.07. The van der Waals surface area contributed by atoms with Gasteiger partial charge < -0.3 is 45.5 Å². The number of carboxylic acid groups (broad SMARTS) is 2. The second-order valence-corrected chi connectivity index (χ2v) is 16.4. The zero-order valence-corrected chi connectivity index (χ0v) is 36.8. The Labute approximate surface area is 389 Å². The highest BCUT2D eigenvalue weighted by Crippen LogP contribution is 2.43. The van der Waals surface area contributed by atoms with Gasteiger partial charge in [0.05, 0.1) is 43.2 Å². The minimum Gasteiger partial charge on any atom is -0.496 e. The number of urea groups is 2. The van der Waals surface area contributed by atoms with E-state index in [1.165, 1.54) is 63.9 Å². The molecular formula is C46H40ClF2N7O12. The number of nitrogen functional groups attached to an aromatic ring is 1. The van der Waals surface area contributed by atoms with Crippen LogP contribution in [0.2, 0.25) is 5.02 Å². The lowest BCUT2D eigenvalue weighted by Crippen LogP contribution is -2.68. The van der Waals surface area contributed by atoms with E-state index in [1.54, 1.807) is 48.5 Å². The first-order valence-electron chi connectivity index (χ1n) is 20.7. The van der Waals surface area contributed by atoms with Gasteiger partial charge in [-0.3, -0.25) is 14.6 Å². The fourth-order valence-corrected chi connectivity index (χ4v) is 8.80. The molecule has 0 spiro atoms. The van der Waals surface area contributed by atoms with Gasteiger partial charge in [-0.2, -0.15) is 0 Å². The van der Waals surface area contributed by atoms with E-state index in [0.29, 0.717) is 48.9 Å². The first-order chi connectivity index (χ1) is 32.4. The molecule has 8 rings (SSSR count). The Morgan fingerprint density at radius 1 is 0.809 bits per heavy atom. The number of aliphatic carboxylic acids is 2. The molecule has 0 radical (unpaired) electrons. The number of pyridine rings is 2. The molecular weight excluding hydrogens is 916 g/mol. The van der Waals surface area contributed by atoms with Crippen molar-refractivity contribution >= 4 is 53.2 Å². The number of β-lactam (4-membered cyclic amide) rings is 2. The maximum Gasteiger partial charge on any atom is 0.586 e. The number of nitrogens with one attached hydrogen (secondary N) is 2. The number of hydrogen-bond donors (Lipinski definition) is 5. The normalized spacial score (nSPS) is 19.8. The van der Waals surface area contributed by atoms with Gasteiger partial charge in [0.15, 0.2) is 23.6 Å². The lowest BCUT2D eigenvalue weighted by Gasteiger charge is -2.43. The molecule has 6 atom stereocenters. The molecule has 3 aliphatic heterocycles. The summed E-state index contributed by atoms with van der Waals surface area (Å²) in [6.45, 7) is 1.51. The summed E-state index contributed by atoms with van der Waals surface area (Å²) in [5.74, 6) is -6.26. The number of carboxylic acids is 2. The summed E-state index contributed by atoms with van der Waals surface area (Å²) in [7, 11) is 2.82. The number of fused-ring (bicyclic) bond motifs is 1. The lowest BCUT2D eigenvalue weighted by atomic mass is 9.82. The number of alkyl halides is 2. The molecule has 2 aromatic heterocycles. The maximum absolute atomic E-state index is 14.0. The zero-order chi connectivity index (χ0) is 48.8. The summed E-state index contributed by atoms with van der Waals surface area (Å²) in [6, 6.07) is 13.1. The number of amides is 6. The minimum atomic E-state index is -3.85. The van der Waals surface area contributed by atoms with Crippen LogP contribution in [0.3, 0.4) is 0 Å². The second kappa shape index (κ2) is 18.3. The molecule has 0 bridgehead atoms. The number of nitrogens with two attached hydrogens (primary N) is 1. The fraction of sp³-hybridized carbons (Fsp3) is 0.261. The van der Waals surface area contributed by atoms with Crippen LogP contribution in [0, 0.1) is 11.8 Å². The van der Waals surface area contributed by atoms with Crippen LogP contribution in [-0.2, 0) is 32.0 Å². The van der Waals surface area contributed by atoms with Crippen molar-refractivity contribution in [1.29, 1.82) is 0 Å². The van der Waals surface area contributed by atoms with Crippen molar-refractivity contribution in [1.82, 2.24) is 30.4 Å².